The van der Waals surface area contributed by atoms with E-state index in [1.54, 1.807) is 30.6 Å². The zero-order valence-corrected chi connectivity index (χ0v) is 16.0. The molecule has 0 radical (unpaired) electrons. The summed E-state index contributed by atoms with van der Waals surface area (Å²) in [5, 5.41) is 6.75. The molecule has 140 valence electrons. The van der Waals surface area contributed by atoms with Crippen molar-refractivity contribution >= 4 is 38.4 Å². The maximum atomic E-state index is 12.4. The second kappa shape index (κ2) is 7.32. The number of hydrogen-bond acceptors (Lipinski definition) is 7. The van der Waals surface area contributed by atoms with Crippen LogP contribution in [-0.2, 0) is 16.4 Å². The van der Waals surface area contributed by atoms with Crippen LogP contribution in [0.2, 0.25) is 0 Å². The molecule has 9 heteroatoms. The number of carbonyl (C=O) groups excluding carboxylic acids is 1. The molecule has 2 atom stereocenters. The number of amides is 1. The molecule has 2 aliphatic heterocycles. The Bertz CT molecular complexity index is 993. The number of thioether (sulfide) groups is 1. The molecule has 1 fully saturated rings. The van der Waals surface area contributed by atoms with Crippen LogP contribution in [0.1, 0.15) is 15.9 Å². The molecule has 2 N–H and O–H groups in total. The van der Waals surface area contributed by atoms with E-state index in [2.05, 4.69) is 20.6 Å². The molecule has 0 bridgehead atoms. The van der Waals surface area contributed by atoms with E-state index in [-0.39, 0.29) is 28.7 Å². The van der Waals surface area contributed by atoms with Gasteiger partial charge in [-0.05, 0) is 29.8 Å². The van der Waals surface area contributed by atoms with Gasteiger partial charge in [0.05, 0.1) is 17.5 Å². The molecular weight excluding hydrogens is 384 g/mol. The van der Waals surface area contributed by atoms with E-state index in [9.17, 15) is 13.2 Å². The van der Waals surface area contributed by atoms with Gasteiger partial charge in [-0.15, -0.1) is 0 Å². The summed E-state index contributed by atoms with van der Waals surface area (Å²) in [5.74, 6) is 0.118. The molecule has 2 aromatic rings. The Kier molecular flexibility index (Phi) is 4.88. The molecule has 1 amide bonds. The van der Waals surface area contributed by atoms with Crippen molar-refractivity contribution in [2.75, 3.05) is 16.8 Å². The highest BCUT2D eigenvalue weighted by Gasteiger charge is 2.42. The van der Waals surface area contributed by atoms with Crippen LogP contribution in [0.4, 0.5) is 5.69 Å². The zero-order valence-electron chi connectivity index (χ0n) is 14.3. The number of rotatable bonds is 4. The van der Waals surface area contributed by atoms with Gasteiger partial charge in [0.25, 0.3) is 5.91 Å². The summed E-state index contributed by atoms with van der Waals surface area (Å²) in [6.07, 6.45) is 3.40. The Balaban J connectivity index is 1.39. The average molecular weight is 403 g/mol. The van der Waals surface area contributed by atoms with Gasteiger partial charge in [0, 0.05) is 35.4 Å². The third-order valence-electron chi connectivity index (χ3n) is 4.37. The molecule has 0 aliphatic carbocycles. The first-order valence-electron chi connectivity index (χ1n) is 8.48. The first-order chi connectivity index (χ1) is 13.0. The summed E-state index contributed by atoms with van der Waals surface area (Å²) in [6, 6.07) is 10.7. The van der Waals surface area contributed by atoms with Gasteiger partial charge >= 0.3 is 0 Å². The third-order valence-corrected chi connectivity index (χ3v) is 7.51. The van der Waals surface area contributed by atoms with Crippen LogP contribution < -0.4 is 10.6 Å². The minimum Gasteiger partial charge on any atom is -0.348 e. The van der Waals surface area contributed by atoms with E-state index < -0.39 is 9.84 Å². The van der Waals surface area contributed by atoms with Crippen molar-refractivity contribution in [3.8, 4) is 0 Å². The van der Waals surface area contributed by atoms with Crippen LogP contribution >= 0.6 is 11.8 Å². The van der Waals surface area contributed by atoms with E-state index in [0.29, 0.717) is 17.3 Å². The van der Waals surface area contributed by atoms with Crippen molar-refractivity contribution in [1.29, 1.82) is 0 Å². The number of benzene rings is 1. The minimum atomic E-state index is -2.96. The fourth-order valence-corrected chi connectivity index (χ4v) is 6.74. The van der Waals surface area contributed by atoms with Gasteiger partial charge < -0.3 is 10.6 Å². The summed E-state index contributed by atoms with van der Waals surface area (Å²) < 4.78 is 23.3. The smallest absolute Gasteiger partial charge is 0.251 e. The number of nitrogens with zero attached hydrogens (tertiary/aromatic N) is 2. The summed E-state index contributed by atoms with van der Waals surface area (Å²) in [6.45, 7) is 0.407. The Hall–Kier alpha value is -2.39. The highest BCUT2D eigenvalue weighted by atomic mass is 32.2. The molecule has 2 unspecified atom stereocenters. The molecule has 1 aromatic heterocycles. The lowest BCUT2D eigenvalue weighted by Crippen LogP contribution is -2.23. The SMILES string of the molecule is O=C(NCc1cccnc1)c1cccc(NC2=NC3CS(=O)(=O)CC3S2)c1. The Labute approximate surface area is 161 Å². The lowest BCUT2D eigenvalue weighted by Gasteiger charge is -2.09. The van der Waals surface area contributed by atoms with Gasteiger partial charge in [-0.2, -0.15) is 0 Å². The van der Waals surface area contributed by atoms with E-state index in [1.807, 2.05) is 18.2 Å². The predicted molar refractivity (Wildman–Crippen MR) is 107 cm³/mol. The van der Waals surface area contributed by atoms with Crippen molar-refractivity contribution in [1.82, 2.24) is 10.3 Å². The number of fused-ring (bicyclic) bond motifs is 1. The van der Waals surface area contributed by atoms with Crippen LogP contribution in [0, 0.1) is 0 Å². The zero-order chi connectivity index (χ0) is 18.9. The first-order valence-corrected chi connectivity index (χ1v) is 11.2. The number of aliphatic imine (C=N–C) groups is 1. The maximum Gasteiger partial charge on any atom is 0.251 e. The van der Waals surface area contributed by atoms with Gasteiger partial charge in [0.1, 0.15) is 0 Å². The second-order valence-electron chi connectivity index (χ2n) is 6.48. The number of sulfone groups is 1. The van der Waals surface area contributed by atoms with Gasteiger partial charge in [-0.1, -0.05) is 23.9 Å². The van der Waals surface area contributed by atoms with Crippen molar-refractivity contribution in [3.63, 3.8) is 0 Å². The normalized spacial score (nSPS) is 22.7. The van der Waals surface area contributed by atoms with Crippen LogP contribution in [-0.4, -0.2) is 47.3 Å². The molecule has 27 heavy (non-hydrogen) atoms. The molecule has 0 saturated carbocycles. The lowest BCUT2D eigenvalue weighted by atomic mass is 10.2. The summed E-state index contributed by atoms with van der Waals surface area (Å²) in [5.41, 5.74) is 2.21. The Morgan fingerprint density at radius 3 is 2.89 bits per heavy atom. The Morgan fingerprint density at radius 2 is 2.11 bits per heavy atom. The highest BCUT2D eigenvalue weighted by Crippen LogP contribution is 2.34. The topological polar surface area (TPSA) is 101 Å². The Morgan fingerprint density at radius 1 is 1.22 bits per heavy atom. The standard InChI is InChI=1S/C18H18N4O3S2/c23-17(20-9-12-3-2-6-19-8-12)13-4-1-5-14(7-13)21-18-22-15-10-27(24,25)11-16(15)26-18/h1-8,15-16H,9-11H2,(H,20,23)(H,21,22). The monoisotopic (exact) mass is 402 g/mol. The van der Waals surface area contributed by atoms with Crippen molar-refractivity contribution in [2.45, 2.75) is 17.8 Å². The van der Waals surface area contributed by atoms with Crippen LogP contribution in [0.3, 0.4) is 0 Å². The molecule has 1 aromatic carbocycles. The molecule has 0 spiro atoms. The third kappa shape index (κ3) is 4.30. The lowest BCUT2D eigenvalue weighted by molar-refractivity contribution is 0.0951. The number of nitrogens with one attached hydrogen (secondary N) is 2. The molecular formula is C18H18N4O3S2. The maximum absolute atomic E-state index is 12.4. The second-order valence-corrected chi connectivity index (χ2v) is 9.87. The largest absolute Gasteiger partial charge is 0.348 e. The minimum absolute atomic E-state index is 0.0107. The number of anilines is 1. The number of aromatic nitrogens is 1. The van der Waals surface area contributed by atoms with E-state index >= 15 is 0 Å². The highest BCUT2D eigenvalue weighted by molar-refractivity contribution is 8.15. The fourth-order valence-electron chi connectivity index (χ4n) is 3.06. The van der Waals surface area contributed by atoms with Crippen molar-refractivity contribution < 1.29 is 13.2 Å². The number of amidine groups is 1. The van der Waals surface area contributed by atoms with E-state index in [0.717, 1.165) is 11.3 Å². The number of hydrogen-bond donors (Lipinski definition) is 2. The van der Waals surface area contributed by atoms with Crippen molar-refractivity contribution in [3.05, 3.63) is 59.9 Å². The van der Waals surface area contributed by atoms with Crippen LogP contribution in [0.25, 0.3) is 0 Å². The van der Waals surface area contributed by atoms with Gasteiger partial charge in [0.15, 0.2) is 15.0 Å². The van der Waals surface area contributed by atoms with Crippen molar-refractivity contribution in [2.24, 2.45) is 4.99 Å². The molecule has 1 saturated heterocycles. The predicted octanol–water partition coefficient (Wildman–Crippen LogP) is 1.69. The molecule has 7 nitrogen and oxygen atoms in total. The molecule has 3 heterocycles. The quantitative estimate of drug-likeness (QED) is 0.807. The van der Waals surface area contributed by atoms with Gasteiger partial charge in [0.2, 0.25) is 0 Å². The number of pyridine rings is 1. The van der Waals surface area contributed by atoms with Gasteiger partial charge in [-0.25, -0.2) is 8.42 Å². The summed E-state index contributed by atoms with van der Waals surface area (Å²) in [4.78, 5) is 20.9. The summed E-state index contributed by atoms with van der Waals surface area (Å²) >= 11 is 1.45. The first kappa shape index (κ1) is 18.0. The average Bonchev–Trinajstić information content (AvgIpc) is 3.13. The summed E-state index contributed by atoms with van der Waals surface area (Å²) in [7, 11) is -2.96. The molecule has 4 rings (SSSR count). The van der Waals surface area contributed by atoms with Gasteiger partial charge in [-0.3, -0.25) is 14.8 Å². The fraction of sp³-hybridized carbons (Fsp3) is 0.278. The van der Waals surface area contributed by atoms with Crippen LogP contribution in [0.15, 0.2) is 53.8 Å². The number of carbonyl (C=O) groups is 1. The van der Waals surface area contributed by atoms with E-state index in [1.165, 1.54) is 11.8 Å². The van der Waals surface area contributed by atoms with Crippen LogP contribution in [0.5, 0.6) is 0 Å². The van der Waals surface area contributed by atoms with E-state index in [4.69, 9.17) is 0 Å². The molecule has 2 aliphatic rings.